The first-order valence-electron chi connectivity index (χ1n) is 7.50. The van der Waals surface area contributed by atoms with Gasteiger partial charge in [0, 0.05) is 24.0 Å². The van der Waals surface area contributed by atoms with Crippen LogP contribution in [-0.2, 0) is 0 Å². The van der Waals surface area contributed by atoms with E-state index in [0.717, 1.165) is 11.9 Å². The summed E-state index contributed by atoms with van der Waals surface area (Å²) in [4.78, 5) is 0. The summed E-state index contributed by atoms with van der Waals surface area (Å²) in [6.45, 7) is 2.12. The molecule has 0 amide bonds. The molecule has 3 atom stereocenters. The van der Waals surface area contributed by atoms with Crippen LogP contribution in [0.15, 0.2) is 0 Å². The Balaban J connectivity index is 1.68. The van der Waals surface area contributed by atoms with Gasteiger partial charge in [0.25, 0.3) is 0 Å². The predicted molar refractivity (Wildman–Crippen MR) is 69.6 cm³/mol. The summed E-state index contributed by atoms with van der Waals surface area (Å²) in [7, 11) is 0. The minimum absolute atomic E-state index is 0.616. The van der Waals surface area contributed by atoms with Crippen molar-refractivity contribution in [3.63, 3.8) is 0 Å². The van der Waals surface area contributed by atoms with Crippen molar-refractivity contribution in [2.24, 2.45) is 0 Å². The first-order chi connectivity index (χ1) is 8.83. The van der Waals surface area contributed by atoms with Gasteiger partial charge < -0.3 is 9.88 Å². The number of nitrogens with one attached hydrogen (secondary N) is 1. The van der Waals surface area contributed by atoms with Gasteiger partial charge >= 0.3 is 0 Å². The summed E-state index contributed by atoms with van der Waals surface area (Å²) in [5.74, 6) is 3.02. The van der Waals surface area contributed by atoms with Gasteiger partial charge in [-0.2, -0.15) is 0 Å². The van der Waals surface area contributed by atoms with Crippen LogP contribution in [0.4, 0.5) is 0 Å². The lowest BCUT2D eigenvalue weighted by Gasteiger charge is -2.23. The molecule has 0 spiro atoms. The molecule has 3 fully saturated rings. The van der Waals surface area contributed by atoms with Crippen molar-refractivity contribution in [2.45, 2.75) is 75.9 Å². The van der Waals surface area contributed by atoms with E-state index in [1.807, 2.05) is 0 Å². The van der Waals surface area contributed by atoms with E-state index < -0.39 is 0 Å². The fourth-order valence-corrected chi connectivity index (χ4v) is 4.36. The summed E-state index contributed by atoms with van der Waals surface area (Å²) >= 11 is 0. The van der Waals surface area contributed by atoms with E-state index >= 15 is 0 Å². The van der Waals surface area contributed by atoms with Gasteiger partial charge in [0.05, 0.1) is 0 Å². The monoisotopic (exact) mass is 246 g/mol. The molecule has 3 unspecified atom stereocenters. The Kier molecular flexibility index (Phi) is 2.47. The average molecular weight is 246 g/mol. The summed E-state index contributed by atoms with van der Waals surface area (Å²) < 4.78 is 2.47. The second kappa shape index (κ2) is 4.05. The third-order valence-corrected chi connectivity index (χ3v) is 5.21. The maximum atomic E-state index is 4.53. The Hall–Kier alpha value is -0.900. The standard InChI is InChI=1S/C14H22N4/c1-9-16-17-14(18(9)11-4-2-3-5-11)12-8-10-6-7-13(12)15-10/h10-13,15H,2-8H2,1H3. The number of hydrogen-bond donors (Lipinski definition) is 1. The predicted octanol–water partition coefficient (Wildman–Crippen LogP) is 2.31. The lowest BCUT2D eigenvalue weighted by molar-refractivity contribution is 0.425. The second-order valence-corrected chi connectivity index (χ2v) is 6.30. The zero-order chi connectivity index (χ0) is 12.1. The summed E-state index contributed by atoms with van der Waals surface area (Å²) in [6.07, 6.45) is 9.34. The molecule has 1 aromatic rings. The minimum atomic E-state index is 0.616. The van der Waals surface area contributed by atoms with Crippen LogP contribution < -0.4 is 5.32 Å². The van der Waals surface area contributed by atoms with Crippen molar-refractivity contribution < 1.29 is 0 Å². The third kappa shape index (κ3) is 1.54. The SMILES string of the molecule is Cc1nnc(C2CC3CCC2N3)n1C1CCCC1. The molecule has 4 heteroatoms. The molecular weight excluding hydrogens is 224 g/mol. The van der Waals surface area contributed by atoms with E-state index in [9.17, 15) is 0 Å². The van der Waals surface area contributed by atoms with Crippen LogP contribution in [0.5, 0.6) is 0 Å². The quantitative estimate of drug-likeness (QED) is 0.870. The molecule has 4 nitrogen and oxygen atoms in total. The van der Waals surface area contributed by atoms with Crippen molar-refractivity contribution in [1.29, 1.82) is 0 Å². The number of hydrogen-bond acceptors (Lipinski definition) is 3. The van der Waals surface area contributed by atoms with Crippen LogP contribution in [-0.4, -0.2) is 26.8 Å². The normalized spacial score (nSPS) is 35.7. The second-order valence-electron chi connectivity index (χ2n) is 6.30. The number of aryl methyl sites for hydroxylation is 1. The molecule has 2 saturated heterocycles. The highest BCUT2D eigenvalue weighted by atomic mass is 15.3. The Labute approximate surface area is 108 Å². The zero-order valence-corrected chi connectivity index (χ0v) is 11.1. The number of aromatic nitrogens is 3. The summed E-state index contributed by atoms with van der Waals surface area (Å²) in [6, 6.07) is 2.09. The molecule has 3 aliphatic rings. The molecule has 0 radical (unpaired) electrons. The molecule has 98 valence electrons. The average Bonchev–Trinajstić information content (AvgIpc) is 3.12. The van der Waals surface area contributed by atoms with E-state index in [2.05, 4.69) is 27.0 Å². The largest absolute Gasteiger partial charge is 0.312 e. The van der Waals surface area contributed by atoms with Crippen LogP contribution in [0, 0.1) is 6.92 Å². The molecule has 1 aromatic heterocycles. The smallest absolute Gasteiger partial charge is 0.138 e. The Bertz CT molecular complexity index is 447. The van der Waals surface area contributed by atoms with Crippen molar-refractivity contribution >= 4 is 0 Å². The molecule has 2 bridgehead atoms. The zero-order valence-electron chi connectivity index (χ0n) is 11.1. The highest BCUT2D eigenvalue weighted by Gasteiger charge is 2.42. The molecule has 0 aromatic carbocycles. The van der Waals surface area contributed by atoms with Crippen molar-refractivity contribution in [2.75, 3.05) is 0 Å². The van der Waals surface area contributed by atoms with Crippen LogP contribution in [0.1, 0.15) is 68.6 Å². The maximum absolute atomic E-state index is 4.53. The molecular formula is C14H22N4. The highest BCUT2D eigenvalue weighted by molar-refractivity contribution is 5.14. The number of rotatable bonds is 2. The molecule has 3 heterocycles. The van der Waals surface area contributed by atoms with E-state index in [-0.39, 0.29) is 0 Å². The summed E-state index contributed by atoms with van der Waals surface area (Å²) in [5, 5.41) is 12.6. The van der Waals surface area contributed by atoms with Crippen molar-refractivity contribution in [3.05, 3.63) is 11.6 Å². The molecule has 1 aliphatic carbocycles. The van der Waals surface area contributed by atoms with Crippen LogP contribution in [0.25, 0.3) is 0 Å². The van der Waals surface area contributed by atoms with Crippen LogP contribution in [0.3, 0.4) is 0 Å². The lowest BCUT2D eigenvalue weighted by Crippen LogP contribution is -2.24. The van der Waals surface area contributed by atoms with E-state index in [0.29, 0.717) is 18.0 Å². The van der Waals surface area contributed by atoms with E-state index in [1.165, 1.54) is 50.8 Å². The topological polar surface area (TPSA) is 42.7 Å². The van der Waals surface area contributed by atoms with Crippen LogP contribution in [0.2, 0.25) is 0 Å². The van der Waals surface area contributed by atoms with Gasteiger partial charge in [-0.3, -0.25) is 0 Å². The van der Waals surface area contributed by atoms with Gasteiger partial charge in [0.15, 0.2) is 0 Å². The molecule has 1 N–H and O–H groups in total. The number of nitrogens with zero attached hydrogens (tertiary/aromatic N) is 3. The molecule has 1 saturated carbocycles. The third-order valence-electron chi connectivity index (χ3n) is 5.21. The summed E-state index contributed by atoms with van der Waals surface area (Å²) in [5.41, 5.74) is 0. The first-order valence-corrected chi connectivity index (χ1v) is 7.50. The van der Waals surface area contributed by atoms with Gasteiger partial charge in [-0.15, -0.1) is 10.2 Å². The van der Waals surface area contributed by atoms with Gasteiger partial charge in [-0.1, -0.05) is 12.8 Å². The first kappa shape index (κ1) is 11.0. The number of fused-ring (bicyclic) bond motifs is 2. The maximum Gasteiger partial charge on any atom is 0.138 e. The molecule has 4 rings (SSSR count). The van der Waals surface area contributed by atoms with E-state index in [4.69, 9.17) is 0 Å². The van der Waals surface area contributed by atoms with Gasteiger partial charge in [-0.25, -0.2) is 0 Å². The van der Waals surface area contributed by atoms with Gasteiger partial charge in [0.1, 0.15) is 11.6 Å². The fraction of sp³-hybridized carbons (Fsp3) is 0.857. The van der Waals surface area contributed by atoms with Gasteiger partial charge in [-0.05, 0) is 39.0 Å². The highest BCUT2D eigenvalue weighted by Crippen LogP contribution is 2.41. The van der Waals surface area contributed by atoms with E-state index in [1.54, 1.807) is 0 Å². The fourth-order valence-electron chi connectivity index (χ4n) is 4.36. The Morgan fingerprint density at radius 3 is 2.61 bits per heavy atom. The lowest BCUT2D eigenvalue weighted by atomic mass is 9.88. The molecule has 2 aliphatic heterocycles. The molecule has 18 heavy (non-hydrogen) atoms. The van der Waals surface area contributed by atoms with Gasteiger partial charge in [0.2, 0.25) is 0 Å². The van der Waals surface area contributed by atoms with Crippen LogP contribution >= 0.6 is 0 Å². The minimum Gasteiger partial charge on any atom is -0.312 e. The van der Waals surface area contributed by atoms with Crippen molar-refractivity contribution in [3.8, 4) is 0 Å². The van der Waals surface area contributed by atoms with Crippen molar-refractivity contribution in [1.82, 2.24) is 20.1 Å². The Morgan fingerprint density at radius 1 is 1.11 bits per heavy atom. The Morgan fingerprint density at radius 2 is 1.94 bits per heavy atom.